The lowest BCUT2D eigenvalue weighted by Crippen LogP contribution is -2.35. The van der Waals surface area contributed by atoms with Gasteiger partial charge in [0.05, 0.1) is 0 Å². The largest absolute Gasteiger partial charge is 0.384 e. The first-order chi connectivity index (χ1) is 8.38. The maximum atomic E-state index is 5.80. The summed E-state index contributed by atoms with van der Waals surface area (Å²) in [4.78, 5) is 13.0. The van der Waals surface area contributed by atoms with Crippen LogP contribution in [-0.2, 0) is 0 Å². The maximum Gasteiger partial charge on any atom is 0.134 e. The van der Waals surface area contributed by atoms with Gasteiger partial charge in [-0.3, -0.25) is 0 Å². The Hall–Kier alpha value is -1.36. The standard InChI is InChI=1S/C13H25N5/c1-10(2)9-18(7-6-17(4)5)13-8-12(14)15-11(3)16-13/h8,10H,6-7,9H2,1-5H3,(H2,14,15,16). The highest BCUT2D eigenvalue weighted by Gasteiger charge is 2.11. The molecule has 0 aliphatic heterocycles. The van der Waals surface area contributed by atoms with Gasteiger partial charge in [-0.1, -0.05) is 13.8 Å². The monoisotopic (exact) mass is 251 g/mol. The molecule has 1 aromatic rings. The highest BCUT2D eigenvalue weighted by atomic mass is 15.2. The molecular weight excluding hydrogens is 226 g/mol. The summed E-state index contributed by atoms with van der Waals surface area (Å²) in [7, 11) is 4.15. The van der Waals surface area contributed by atoms with Gasteiger partial charge in [0, 0.05) is 25.7 Å². The van der Waals surface area contributed by atoms with Gasteiger partial charge in [-0.25, -0.2) is 9.97 Å². The van der Waals surface area contributed by atoms with Crippen molar-refractivity contribution in [1.29, 1.82) is 0 Å². The molecule has 0 spiro atoms. The van der Waals surface area contributed by atoms with E-state index in [0.717, 1.165) is 31.3 Å². The number of aryl methyl sites for hydroxylation is 1. The molecule has 0 saturated heterocycles. The van der Waals surface area contributed by atoms with Gasteiger partial charge in [-0.15, -0.1) is 0 Å². The van der Waals surface area contributed by atoms with E-state index in [2.05, 4.69) is 47.7 Å². The number of likely N-dealkylation sites (N-methyl/N-ethyl adjacent to an activating group) is 1. The molecule has 1 aromatic heterocycles. The summed E-state index contributed by atoms with van der Waals surface area (Å²) in [5, 5.41) is 0. The van der Waals surface area contributed by atoms with Crippen LogP contribution in [0.25, 0.3) is 0 Å². The summed E-state index contributed by atoms with van der Waals surface area (Å²) in [5.74, 6) is 2.78. The van der Waals surface area contributed by atoms with Crippen LogP contribution in [0.4, 0.5) is 11.6 Å². The van der Waals surface area contributed by atoms with Gasteiger partial charge in [0.2, 0.25) is 0 Å². The maximum absolute atomic E-state index is 5.80. The van der Waals surface area contributed by atoms with Crippen molar-refractivity contribution < 1.29 is 0 Å². The summed E-state index contributed by atoms with van der Waals surface area (Å²) in [6, 6.07) is 1.85. The molecule has 0 amide bonds. The third-order valence-corrected chi connectivity index (χ3v) is 2.57. The smallest absolute Gasteiger partial charge is 0.134 e. The van der Waals surface area contributed by atoms with E-state index in [1.165, 1.54) is 0 Å². The lowest BCUT2D eigenvalue weighted by molar-refractivity contribution is 0.408. The fourth-order valence-corrected chi connectivity index (χ4v) is 1.80. The Morgan fingerprint density at radius 3 is 2.39 bits per heavy atom. The number of nitrogen functional groups attached to an aromatic ring is 1. The van der Waals surface area contributed by atoms with Gasteiger partial charge in [0.1, 0.15) is 17.5 Å². The van der Waals surface area contributed by atoms with Crippen LogP contribution < -0.4 is 10.6 Å². The molecule has 0 aliphatic carbocycles. The first-order valence-electron chi connectivity index (χ1n) is 6.39. The van der Waals surface area contributed by atoms with Crippen LogP contribution in [0.3, 0.4) is 0 Å². The average molecular weight is 251 g/mol. The topological polar surface area (TPSA) is 58.3 Å². The lowest BCUT2D eigenvalue weighted by Gasteiger charge is -2.27. The predicted molar refractivity (Wildman–Crippen MR) is 76.8 cm³/mol. The van der Waals surface area contributed by atoms with Crippen molar-refractivity contribution in [3.8, 4) is 0 Å². The van der Waals surface area contributed by atoms with Crippen molar-refractivity contribution in [1.82, 2.24) is 14.9 Å². The van der Waals surface area contributed by atoms with E-state index < -0.39 is 0 Å². The number of hydrogen-bond donors (Lipinski definition) is 1. The van der Waals surface area contributed by atoms with E-state index in [0.29, 0.717) is 11.7 Å². The number of nitrogens with two attached hydrogens (primary N) is 1. The Balaban J connectivity index is 2.86. The quantitative estimate of drug-likeness (QED) is 0.828. The van der Waals surface area contributed by atoms with Crippen LogP contribution >= 0.6 is 0 Å². The molecule has 0 bridgehead atoms. The second-order valence-electron chi connectivity index (χ2n) is 5.34. The normalized spacial score (nSPS) is 11.3. The van der Waals surface area contributed by atoms with Gasteiger partial charge in [0.15, 0.2) is 0 Å². The van der Waals surface area contributed by atoms with Gasteiger partial charge in [-0.05, 0) is 26.9 Å². The molecule has 0 unspecified atom stereocenters. The molecule has 0 fully saturated rings. The number of rotatable bonds is 6. The number of aromatic nitrogens is 2. The minimum atomic E-state index is 0.538. The summed E-state index contributed by atoms with van der Waals surface area (Å²) < 4.78 is 0. The predicted octanol–water partition coefficient (Wildman–Crippen LogP) is 1.39. The minimum Gasteiger partial charge on any atom is -0.384 e. The summed E-state index contributed by atoms with van der Waals surface area (Å²) >= 11 is 0. The van der Waals surface area contributed by atoms with E-state index in [9.17, 15) is 0 Å². The van der Waals surface area contributed by atoms with Crippen molar-refractivity contribution >= 4 is 11.6 Å². The molecule has 0 saturated carbocycles. The highest BCUT2D eigenvalue weighted by Crippen LogP contribution is 2.15. The van der Waals surface area contributed by atoms with E-state index in [-0.39, 0.29) is 0 Å². The molecule has 0 atom stereocenters. The van der Waals surface area contributed by atoms with Crippen molar-refractivity contribution in [3.63, 3.8) is 0 Å². The fourth-order valence-electron chi connectivity index (χ4n) is 1.80. The first kappa shape index (κ1) is 14.7. The summed E-state index contributed by atoms with van der Waals surface area (Å²) in [5.41, 5.74) is 5.80. The van der Waals surface area contributed by atoms with E-state index >= 15 is 0 Å². The van der Waals surface area contributed by atoms with Crippen LogP contribution in [0.5, 0.6) is 0 Å². The molecular formula is C13H25N5. The van der Waals surface area contributed by atoms with Gasteiger partial charge < -0.3 is 15.5 Å². The average Bonchev–Trinajstić information content (AvgIpc) is 2.22. The van der Waals surface area contributed by atoms with Crippen LogP contribution in [-0.4, -0.2) is 48.6 Å². The van der Waals surface area contributed by atoms with Gasteiger partial charge in [0.25, 0.3) is 0 Å². The molecule has 5 heteroatoms. The van der Waals surface area contributed by atoms with Crippen molar-refractivity contribution in [2.45, 2.75) is 20.8 Å². The zero-order valence-corrected chi connectivity index (χ0v) is 12.1. The van der Waals surface area contributed by atoms with Crippen molar-refractivity contribution in [2.75, 3.05) is 44.4 Å². The molecule has 5 nitrogen and oxygen atoms in total. The highest BCUT2D eigenvalue weighted by molar-refractivity contribution is 5.47. The molecule has 102 valence electrons. The second kappa shape index (κ2) is 6.54. The van der Waals surface area contributed by atoms with Crippen LogP contribution in [0.15, 0.2) is 6.07 Å². The Kier molecular flexibility index (Phi) is 5.34. The first-order valence-corrected chi connectivity index (χ1v) is 6.39. The molecule has 18 heavy (non-hydrogen) atoms. The van der Waals surface area contributed by atoms with Gasteiger partial charge in [-0.2, -0.15) is 0 Å². The van der Waals surface area contributed by atoms with E-state index in [4.69, 9.17) is 5.73 Å². The molecule has 2 N–H and O–H groups in total. The zero-order valence-electron chi connectivity index (χ0n) is 12.1. The third-order valence-electron chi connectivity index (χ3n) is 2.57. The summed E-state index contributed by atoms with van der Waals surface area (Å²) in [6.07, 6.45) is 0. The van der Waals surface area contributed by atoms with Crippen molar-refractivity contribution in [2.24, 2.45) is 5.92 Å². The SMILES string of the molecule is Cc1nc(N)cc(N(CCN(C)C)CC(C)C)n1. The van der Waals surface area contributed by atoms with E-state index in [1.54, 1.807) is 0 Å². The Labute approximate surface area is 110 Å². The Morgan fingerprint density at radius 1 is 1.22 bits per heavy atom. The van der Waals surface area contributed by atoms with Crippen molar-refractivity contribution in [3.05, 3.63) is 11.9 Å². The van der Waals surface area contributed by atoms with Crippen LogP contribution in [0.1, 0.15) is 19.7 Å². The summed E-state index contributed by atoms with van der Waals surface area (Å²) in [6.45, 7) is 9.21. The zero-order chi connectivity index (χ0) is 13.7. The molecule has 0 radical (unpaired) electrons. The van der Waals surface area contributed by atoms with E-state index in [1.807, 2.05) is 13.0 Å². The second-order valence-corrected chi connectivity index (χ2v) is 5.34. The van der Waals surface area contributed by atoms with Crippen LogP contribution in [0, 0.1) is 12.8 Å². The van der Waals surface area contributed by atoms with Crippen LogP contribution in [0.2, 0.25) is 0 Å². The molecule has 0 aliphatic rings. The third kappa shape index (κ3) is 4.87. The number of anilines is 2. The number of hydrogen-bond acceptors (Lipinski definition) is 5. The van der Waals surface area contributed by atoms with Gasteiger partial charge >= 0.3 is 0 Å². The number of nitrogens with zero attached hydrogens (tertiary/aromatic N) is 4. The molecule has 1 rings (SSSR count). The Morgan fingerprint density at radius 2 is 1.89 bits per heavy atom. The fraction of sp³-hybridized carbons (Fsp3) is 0.692. The molecule has 0 aromatic carbocycles. The Bertz CT molecular complexity index is 355. The lowest BCUT2D eigenvalue weighted by atomic mass is 10.2. The molecule has 1 heterocycles. The minimum absolute atomic E-state index is 0.538.